The Morgan fingerprint density at radius 1 is 0.976 bits per heavy atom. The molecule has 0 spiro atoms. The Kier molecular flexibility index (Phi) is 9.08. The van der Waals surface area contributed by atoms with E-state index < -0.39 is 0 Å². The van der Waals surface area contributed by atoms with Crippen molar-refractivity contribution < 1.29 is 19.1 Å². The van der Waals surface area contributed by atoms with Gasteiger partial charge in [-0.2, -0.15) is 0 Å². The number of ether oxygens (including phenoxy) is 2. The summed E-state index contributed by atoms with van der Waals surface area (Å²) in [5.41, 5.74) is 2.94. The molecule has 1 saturated carbocycles. The molecule has 2 N–H and O–H groups in total. The molecule has 41 heavy (non-hydrogen) atoms. The summed E-state index contributed by atoms with van der Waals surface area (Å²) < 4.78 is 11.7. The fourth-order valence-electron chi connectivity index (χ4n) is 5.29. The number of nitrogens with zero attached hydrogens (tertiary/aromatic N) is 2. The highest BCUT2D eigenvalue weighted by atomic mass is 16.5. The summed E-state index contributed by atoms with van der Waals surface area (Å²) in [7, 11) is 1.58. The van der Waals surface area contributed by atoms with Crippen molar-refractivity contribution in [1.29, 1.82) is 0 Å². The third-order valence-electron chi connectivity index (χ3n) is 7.59. The molecule has 1 unspecified atom stereocenters. The van der Waals surface area contributed by atoms with Crippen LogP contribution < -0.4 is 20.1 Å². The number of anilines is 1. The molecule has 2 aromatic heterocycles. The lowest BCUT2D eigenvalue weighted by atomic mass is 9.90. The van der Waals surface area contributed by atoms with E-state index in [2.05, 4.69) is 20.6 Å². The number of nitrogens with one attached hydrogen (secondary N) is 2. The van der Waals surface area contributed by atoms with Gasteiger partial charge in [0.15, 0.2) is 11.5 Å². The maximum atomic E-state index is 13.4. The monoisotopic (exact) mass is 552 g/mol. The second-order valence-corrected chi connectivity index (χ2v) is 10.4. The summed E-state index contributed by atoms with van der Waals surface area (Å²) in [4.78, 5) is 35.2. The molecule has 2 aromatic carbocycles. The van der Waals surface area contributed by atoms with Crippen LogP contribution in [0.4, 0.5) is 5.69 Å². The lowest BCUT2D eigenvalue weighted by Gasteiger charge is -2.23. The average molecular weight is 553 g/mol. The van der Waals surface area contributed by atoms with E-state index in [1.54, 1.807) is 55.9 Å². The van der Waals surface area contributed by atoms with Crippen molar-refractivity contribution in [1.82, 2.24) is 15.3 Å². The number of para-hydroxylation sites is 1. The molecular formula is C33H36N4O4. The van der Waals surface area contributed by atoms with Gasteiger partial charge in [0.1, 0.15) is 0 Å². The first kappa shape index (κ1) is 28.1. The number of hydrogen-bond donors (Lipinski definition) is 2. The highest BCUT2D eigenvalue weighted by Crippen LogP contribution is 2.34. The molecule has 5 rings (SSSR count). The minimum absolute atomic E-state index is 0.190. The summed E-state index contributed by atoms with van der Waals surface area (Å²) in [5, 5.41) is 6.80. The largest absolute Gasteiger partial charge is 0.493 e. The number of rotatable bonds is 10. The van der Waals surface area contributed by atoms with Crippen LogP contribution in [0.1, 0.15) is 77.9 Å². The highest BCUT2D eigenvalue weighted by molar-refractivity contribution is 6.07. The third kappa shape index (κ3) is 6.82. The van der Waals surface area contributed by atoms with Crippen molar-refractivity contribution in [2.45, 2.75) is 51.5 Å². The molecule has 0 aliphatic heterocycles. The van der Waals surface area contributed by atoms with Gasteiger partial charge in [-0.25, -0.2) is 0 Å². The van der Waals surface area contributed by atoms with Crippen LogP contribution in [-0.4, -0.2) is 35.5 Å². The predicted octanol–water partition coefficient (Wildman–Crippen LogP) is 6.73. The minimum atomic E-state index is -0.293. The Morgan fingerprint density at radius 3 is 2.59 bits per heavy atom. The van der Waals surface area contributed by atoms with Gasteiger partial charge in [0.05, 0.1) is 42.1 Å². The van der Waals surface area contributed by atoms with Crippen molar-refractivity contribution in [3.8, 4) is 11.5 Å². The SMILES string of the molecule is CCC(NC(=O)c1cnc2cc(NC(=O)c3cccc(OC)c3OCC3CCCCC3)ccc2c1)c1ccccn1. The predicted molar refractivity (Wildman–Crippen MR) is 159 cm³/mol. The molecule has 4 aromatic rings. The van der Waals surface area contributed by atoms with Crippen molar-refractivity contribution in [3.63, 3.8) is 0 Å². The van der Waals surface area contributed by atoms with Gasteiger partial charge < -0.3 is 20.1 Å². The zero-order chi connectivity index (χ0) is 28.6. The Bertz CT molecular complexity index is 1500. The second-order valence-electron chi connectivity index (χ2n) is 10.4. The summed E-state index contributed by atoms with van der Waals surface area (Å²) in [5.74, 6) is 0.980. The van der Waals surface area contributed by atoms with E-state index in [1.165, 1.54) is 19.3 Å². The molecule has 0 radical (unpaired) electrons. The van der Waals surface area contributed by atoms with Gasteiger partial charge in [-0.05, 0) is 67.6 Å². The number of hydrogen-bond acceptors (Lipinski definition) is 6. The van der Waals surface area contributed by atoms with Gasteiger partial charge in [-0.3, -0.25) is 19.6 Å². The van der Waals surface area contributed by atoms with Crippen LogP contribution in [-0.2, 0) is 0 Å². The first-order valence-corrected chi connectivity index (χ1v) is 14.3. The van der Waals surface area contributed by atoms with Crippen LogP contribution in [0.25, 0.3) is 10.9 Å². The van der Waals surface area contributed by atoms with E-state index in [1.807, 2.05) is 31.2 Å². The second kappa shape index (κ2) is 13.3. The van der Waals surface area contributed by atoms with Gasteiger partial charge >= 0.3 is 0 Å². The fourth-order valence-corrected chi connectivity index (χ4v) is 5.29. The Labute approximate surface area is 240 Å². The molecule has 0 bridgehead atoms. The van der Waals surface area contributed by atoms with E-state index in [0.717, 1.165) is 23.9 Å². The number of fused-ring (bicyclic) bond motifs is 1. The van der Waals surface area contributed by atoms with Gasteiger partial charge in [0.2, 0.25) is 0 Å². The standard InChI is InChI=1S/C33H36N4O4/c1-3-27(28-13-7-8-17-34-28)37-32(38)24-18-23-15-16-25(19-29(23)35-20-24)36-33(39)26-12-9-14-30(40-2)31(26)41-21-22-10-5-4-6-11-22/h7-9,12-20,22,27H,3-6,10-11,21H2,1-2H3,(H,36,39)(H,37,38). The Balaban J connectivity index is 1.29. The first-order chi connectivity index (χ1) is 20.1. The van der Waals surface area contributed by atoms with Crippen LogP contribution in [0.15, 0.2) is 73.1 Å². The molecule has 1 aliphatic rings. The molecule has 2 heterocycles. The maximum absolute atomic E-state index is 13.4. The minimum Gasteiger partial charge on any atom is -0.493 e. The molecule has 212 valence electrons. The Morgan fingerprint density at radius 2 is 1.83 bits per heavy atom. The van der Waals surface area contributed by atoms with E-state index in [9.17, 15) is 9.59 Å². The zero-order valence-corrected chi connectivity index (χ0v) is 23.6. The maximum Gasteiger partial charge on any atom is 0.259 e. The molecule has 2 amide bonds. The fraction of sp³-hybridized carbons (Fsp3) is 0.333. The average Bonchev–Trinajstić information content (AvgIpc) is 3.02. The number of methoxy groups -OCH3 is 1. The molecule has 1 fully saturated rings. The summed E-state index contributed by atoms with van der Waals surface area (Å²) in [6.45, 7) is 2.57. The topological polar surface area (TPSA) is 102 Å². The molecule has 8 nitrogen and oxygen atoms in total. The van der Waals surface area contributed by atoms with Gasteiger partial charge in [-0.1, -0.05) is 44.4 Å². The van der Waals surface area contributed by atoms with Crippen molar-refractivity contribution in [3.05, 3.63) is 89.9 Å². The normalized spacial score (nSPS) is 14.3. The quantitative estimate of drug-likeness (QED) is 0.226. The molecular weight excluding hydrogens is 516 g/mol. The van der Waals surface area contributed by atoms with Gasteiger partial charge in [-0.15, -0.1) is 0 Å². The summed E-state index contributed by atoms with van der Waals surface area (Å²) in [6.07, 6.45) is 10.00. The van der Waals surface area contributed by atoms with E-state index in [-0.39, 0.29) is 17.9 Å². The van der Waals surface area contributed by atoms with E-state index in [0.29, 0.717) is 52.8 Å². The van der Waals surface area contributed by atoms with Crippen molar-refractivity contribution >= 4 is 28.4 Å². The third-order valence-corrected chi connectivity index (χ3v) is 7.59. The Hall–Kier alpha value is -4.46. The van der Waals surface area contributed by atoms with Gasteiger partial charge in [0.25, 0.3) is 11.8 Å². The molecule has 1 aliphatic carbocycles. The lowest BCUT2D eigenvalue weighted by Crippen LogP contribution is -2.28. The number of amides is 2. The smallest absolute Gasteiger partial charge is 0.259 e. The zero-order valence-electron chi connectivity index (χ0n) is 23.6. The van der Waals surface area contributed by atoms with Crippen LogP contribution in [0.5, 0.6) is 11.5 Å². The number of benzene rings is 2. The van der Waals surface area contributed by atoms with E-state index >= 15 is 0 Å². The number of aromatic nitrogens is 2. The van der Waals surface area contributed by atoms with Crippen LogP contribution in [0, 0.1) is 5.92 Å². The highest BCUT2D eigenvalue weighted by Gasteiger charge is 2.21. The molecule has 0 saturated heterocycles. The number of carbonyl (C=O) groups is 2. The number of pyridine rings is 2. The molecule has 1 atom stereocenters. The lowest BCUT2D eigenvalue weighted by molar-refractivity contribution is 0.0933. The summed E-state index contributed by atoms with van der Waals surface area (Å²) >= 11 is 0. The van der Waals surface area contributed by atoms with E-state index in [4.69, 9.17) is 9.47 Å². The van der Waals surface area contributed by atoms with Crippen molar-refractivity contribution in [2.24, 2.45) is 5.92 Å². The first-order valence-electron chi connectivity index (χ1n) is 14.3. The van der Waals surface area contributed by atoms with Crippen LogP contribution in [0.2, 0.25) is 0 Å². The van der Waals surface area contributed by atoms with Crippen LogP contribution >= 0.6 is 0 Å². The van der Waals surface area contributed by atoms with Crippen LogP contribution in [0.3, 0.4) is 0 Å². The van der Waals surface area contributed by atoms with Crippen molar-refractivity contribution in [2.75, 3.05) is 19.0 Å². The summed E-state index contributed by atoms with van der Waals surface area (Å²) in [6, 6.07) is 18.0. The molecule has 8 heteroatoms. The van der Waals surface area contributed by atoms with Gasteiger partial charge in [0, 0.05) is 23.5 Å². The number of carbonyl (C=O) groups excluding carboxylic acids is 2.